The molecule has 1 heterocycles. The predicted molar refractivity (Wildman–Crippen MR) is 124 cm³/mol. The van der Waals surface area contributed by atoms with Gasteiger partial charge in [-0.3, -0.25) is 4.79 Å². The van der Waals surface area contributed by atoms with Gasteiger partial charge in [-0.15, -0.1) is 0 Å². The molecule has 0 aliphatic carbocycles. The van der Waals surface area contributed by atoms with Gasteiger partial charge in [0.05, 0.1) is 19.3 Å². The number of para-hydroxylation sites is 1. The molecule has 0 aliphatic heterocycles. The molecule has 4 aromatic rings. The van der Waals surface area contributed by atoms with Crippen LogP contribution >= 0.6 is 0 Å². The Morgan fingerprint density at radius 1 is 1.06 bits per heavy atom. The number of nitrogens with one attached hydrogen (secondary N) is 1. The highest BCUT2D eigenvalue weighted by molar-refractivity contribution is 5.93. The number of halogens is 1. The highest BCUT2D eigenvalue weighted by Gasteiger charge is 2.15. The van der Waals surface area contributed by atoms with E-state index in [1.165, 1.54) is 0 Å². The van der Waals surface area contributed by atoms with Crippen molar-refractivity contribution in [3.8, 4) is 11.1 Å². The standard InChI is InChI=1S/C26H25FN2O3/c1-2-31-24(30)14-18-6-3-4-9-23(18)29-16-17-12-19-10-11-32-26(19)22(13-17)21-8-5-7-20(15-28)25(21)27/h3-13,29H,2,14-16,28H2,1H3. The first kappa shape index (κ1) is 21.6. The first-order valence-corrected chi connectivity index (χ1v) is 10.6. The van der Waals surface area contributed by atoms with Crippen LogP contribution in [0.4, 0.5) is 10.1 Å². The van der Waals surface area contributed by atoms with Gasteiger partial charge in [-0.05, 0) is 42.3 Å². The average molecular weight is 432 g/mol. The lowest BCUT2D eigenvalue weighted by molar-refractivity contribution is -0.142. The van der Waals surface area contributed by atoms with Crippen molar-refractivity contribution in [2.24, 2.45) is 5.73 Å². The number of nitrogens with two attached hydrogens (primary N) is 1. The first-order valence-electron chi connectivity index (χ1n) is 10.6. The van der Waals surface area contributed by atoms with E-state index >= 15 is 4.39 Å². The van der Waals surface area contributed by atoms with Crippen LogP contribution in [0.25, 0.3) is 22.1 Å². The van der Waals surface area contributed by atoms with Crippen molar-refractivity contribution in [1.29, 1.82) is 0 Å². The molecule has 0 aliphatic rings. The van der Waals surface area contributed by atoms with Gasteiger partial charge in [-0.1, -0.05) is 36.4 Å². The van der Waals surface area contributed by atoms with Crippen LogP contribution in [0.1, 0.15) is 23.6 Å². The summed E-state index contributed by atoms with van der Waals surface area (Å²) in [5, 5.41) is 4.28. The minimum Gasteiger partial charge on any atom is -0.466 e. The van der Waals surface area contributed by atoms with E-state index in [0.717, 1.165) is 22.2 Å². The predicted octanol–water partition coefficient (Wildman–Crippen LogP) is 5.42. The topological polar surface area (TPSA) is 77.5 Å². The molecule has 0 bridgehead atoms. The van der Waals surface area contributed by atoms with Gasteiger partial charge in [-0.25, -0.2) is 4.39 Å². The Morgan fingerprint density at radius 2 is 1.88 bits per heavy atom. The van der Waals surface area contributed by atoms with Crippen molar-refractivity contribution in [2.45, 2.75) is 26.4 Å². The largest absolute Gasteiger partial charge is 0.466 e. The van der Waals surface area contributed by atoms with Gasteiger partial charge in [0.15, 0.2) is 0 Å². The van der Waals surface area contributed by atoms with E-state index in [1.54, 1.807) is 31.4 Å². The molecular formula is C26H25FN2O3. The van der Waals surface area contributed by atoms with Crippen LogP contribution in [0, 0.1) is 5.82 Å². The maximum Gasteiger partial charge on any atom is 0.310 e. The normalized spacial score (nSPS) is 11.0. The molecule has 0 saturated heterocycles. The fourth-order valence-electron chi connectivity index (χ4n) is 3.80. The number of carbonyl (C=O) groups is 1. The van der Waals surface area contributed by atoms with E-state index in [-0.39, 0.29) is 24.8 Å². The van der Waals surface area contributed by atoms with Crippen molar-refractivity contribution in [3.63, 3.8) is 0 Å². The van der Waals surface area contributed by atoms with Crippen molar-refractivity contribution in [3.05, 3.63) is 89.4 Å². The summed E-state index contributed by atoms with van der Waals surface area (Å²) < 4.78 is 25.8. The maximum absolute atomic E-state index is 15.0. The van der Waals surface area contributed by atoms with Crippen molar-refractivity contribution in [1.82, 2.24) is 0 Å². The third-order valence-corrected chi connectivity index (χ3v) is 5.34. The molecule has 0 saturated carbocycles. The zero-order chi connectivity index (χ0) is 22.5. The Bertz CT molecular complexity index is 1250. The number of carbonyl (C=O) groups excluding carboxylic acids is 1. The number of esters is 1. The van der Waals surface area contributed by atoms with Crippen LogP contribution in [0.15, 0.2) is 71.3 Å². The molecule has 0 fully saturated rings. The minimum atomic E-state index is -0.336. The van der Waals surface area contributed by atoms with Crippen LogP contribution in [0.2, 0.25) is 0 Å². The van der Waals surface area contributed by atoms with Gasteiger partial charge in [0.25, 0.3) is 0 Å². The SMILES string of the molecule is CCOC(=O)Cc1ccccc1NCc1cc(-c2cccc(CN)c2F)c2occc2c1. The van der Waals surface area contributed by atoms with Crippen LogP contribution < -0.4 is 11.1 Å². The van der Waals surface area contributed by atoms with Crippen LogP contribution in [0.3, 0.4) is 0 Å². The quantitative estimate of drug-likeness (QED) is 0.364. The van der Waals surface area contributed by atoms with E-state index in [4.69, 9.17) is 14.9 Å². The van der Waals surface area contributed by atoms with Crippen molar-refractivity contribution >= 4 is 22.6 Å². The van der Waals surface area contributed by atoms with Crippen LogP contribution in [-0.2, 0) is 29.0 Å². The number of benzene rings is 3. The number of hydrogen-bond donors (Lipinski definition) is 2. The van der Waals surface area contributed by atoms with Crippen LogP contribution in [0.5, 0.6) is 0 Å². The molecule has 0 unspecified atom stereocenters. The summed E-state index contributed by atoms with van der Waals surface area (Å²) in [6.07, 6.45) is 1.80. The molecular weight excluding hydrogens is 407 g/mol. The molecule has 0 radical (unpaired) electrons. The molecule has 164 valence electrons. The summed E-state index contributed by atoms with van der Waals surface area (Å²) in [5.41, 5.74) is 10.6. The van der Waals surface area contributed by atoms with E-state index in [9.17, 15) is 4.79 Å². The number of furan rings is 1. The number of anilines is 1. The second-order valence-corrected chi connectivity index (χ2v) is 7.46. The molecule has 32 heavy (non-hydrogen) atoms. The van der Waals surface area contributed by atoms with Gasteiger partial charge in [-0.2, -0.15) is 0 Å². The molecule has 4 rings (SSSR count). The zero-order valence-corrected chi connectivity index (χ0v) is 17.9. The molecule has 3 aromatic carbocycles. The van der Waals surface area contributed by atoms with Gasteiger partial charge in [0.2, 0.25) is 0 Å². The summed E-state index contributed by atoms with van der Waals surface area (Å²) in [5.74, 6) is -0.600. The Kier molecular flexibility index (Phi) is 6.52. The number of hydrogen-bond acceptors (Lipinski definition) is 5. The number of ether oxygens (including phenoxy) is 1. The van der Waals surface area contributed by atoms with Crippen molar-refractivity contribution in [2.75, 3.05) is 11.9 Å². The Balaban J connectivity index is 1.65. The second kappa shape index (κ2) is 9.66. The molecule has 6 heteroatoms. The van der Waals surface area contributed by atoms with Crippen LogP contribution in [-0.4, -0.2) is 12.6 Å². The number of rotatable bonds is 8. The maximum atomic E-state index is 15.0. The number of fused-ring (bicyclic) bond motifs is 1. The lowest BCUT2D eigenvalue weighted by atomic mass is 9.98. The molecule has 1 aromatic heterocycles. The molecule has 0 amide bonds. The van der Waals surface area contributed by atoms with E-state index in [1.807, 2.05) is 42.5 Å². The molecule has 0 spiro atoms. The average Bonchev–Trinajstić information content (AvgIpc) is 3.27. The van der Waals surface area contributed by atoms with Gasteiger partial charge in [0, 0.05) is 40.9 Å². The summed E-state index contributed by atoms with van der Waals surface area (Å²) in [6.45, 7) is 2.76. The second-order valence-electron chi connectivity index (χ2n) is 7.46. The Labute approximate surface area is 186 Å². The highest BCUT2D eigenvalue weighted by Crippen LogP contribution is 2.34. The Morgan fingerprint density at radius 3 is 2.69 bits per heavy atom. The highest BCUT2D eigenvalue weighted by atomic mass is 19.1. The molecule has 0 atom stereocenters. The monoisotopic (exact) mass is 432 g/mol. The van der Waals surface area contributed by atoms with E-state index in [2.05, 4.69) is 5.32 Å². The summed E-state index contributed by atoms with van der Waals surface area (Å²) in [6, 6.07) is 18.6. The summed E-state index contributed by atoms with van der Waals surface area (Å²) >= 11 is 0. The molecule has 3 N–H and O–H groups in total. The smallest absolute Gasteiger partial charge is 0.310 e. The minimum absolute atomic E-state index is 0.124. The van der Waals surface area contributed by atoms with E-state index in [0.29, 0.717) is 35.4 Å². The van der Waals surface area contributed by atoms with Gasteiger partial charge in [0.1, 0.15) is 11.4 Å². The van der Waals surface area contributed by atoms with Crippen molar-refractivity contribution < 1.29 is 18.3 Å². The summed E-state index contributed by atoms with van der Waals surface area (Å²) in [4.78, 5) is 11.9. The third kappa shape index (κ3) is 4.50. The summed E-state index contributed by atoms with van der Waals surface area (Å²) in [7, 11) is 0. The fraction of sp³-hybridized carbons (Fsp3) is 0.192. The Hall–Kier alpha value is -3.64. The fourth-order valence-corrected chi connectivity index (χ4v) is 3.80. The zero-order valence-electron chi connectivity index (χ0n) is 17.9. The lowest BCUT2D eigenvalue weighted by Crippen LogP contribution is -2.10. The molecule has 5 nitrogen and oxygen atoms in total. The van der Waals surface area contributed by atoms with Gasteiger partial charge < -0.3 is 20.2 Å². The lowest BCUT2D eigenvalue weighted by Gasteiger charge is -2.14. The third-order valence-electron chi connectivity index (χ3n) is 5.34. The van der Waals surface area contributed by atoms with E-state index < -0.39 is 0 Å². The first-order chi connectivity index (χ1) is 15.6. The van der Waals surface area contributed by atoms with Gasteiger partial charge >= 0.3 is 5.97 Å².